The molecule has 0 aliphatic carbocycles. The monoisotopic (exact) mass is 245 g/mol. The highest BCUT2D eigenvalue weighted by Gasteiger charge is 2.22. The highest BCUT2D eigenvalue weighted by molar-refractivity contribution is 5.23. The van der Waals surface area contributed by atoms with E-state index in [0.29, 0.717) is 19.1 Å². The first-order valence-electron chi connectivity index (χ1n) is 5.59. The highest BCUT2D eigenvalue weighted by Crippen LogP contribution is 2.26. The molecule has 1 aliphatic heterocycles. The van der Waals surface area contributed by atoms with Crippen LogP contribution in [0.2, 0.25) is 0 Å². The van der Waals surface area contributed by atoms with E-state index in [1.165, 1.54) is 0 Å². The molecule has 2 atom stereocenters. The van der Waals surface area contributed by atoms with Crippen LogP contribution in [0.25, 0.3) is 0 Å². The van der Waals surface area contributed by atoms with Crippen molar-refractivity contribution in [3.63, 3.8) is 0 Å². The molecule has 1 fully saturated rings. The van der Waals surface area contributed by atoms with Crippen LogP contribution in [0.1, 0.15) is 30.9 Å². The maximum atomic E-state index is 13.4. The minimum absolute atomic E-state index is 0.000556. The van der Waals surface area contributed by atoms with Gasteiger partial charge in [0.1, 0.15) is 5.82 Å². The second-order valence-corrected chi connectivity index (χ2v) is 4.27. The summed E-state index contributed by atoms with van der Waals surface area (Å²) in [6, 6.07) is 0.679. The van der Waals surface area contributed by atoms with Gasteiger partial charge >= 0.3 is 0 Å². The van der Waals surface area contributed by atoms with Gasteiger partial charge in [0.25, 0.3) is 0 Å². The Hall–Kier alpha value is -1.07. The largest absolute Gasteiger partial charge is 0.378 e. The molecule has 0 amide bonds. The van der Waals surface area contributed by atoms with Crippen molar-refractivity contribution in [1.82, 2.24) is 0 Å². The predicted octanol–water partition coefficient (Wildman–Crippen LogP) is 2.67. The lowest BCUT2D eigenvalue weighted by atomic mass is 9.99. The molecule has 17 heavy (non-hydrogen) atoms. The molecule has 1 aliphatic rings. The zero-order chi connectivity index (χ0) is 12.4. The average Bonchev–Trinajstić information content (AvgIpc) is 2.76. The van der Waals surface area contributed by atoms with E-state index in [2.05, 4.69) is 0 Å². The van der Waals surface area contributed by atoms with Crippen LogP contribution in [0.15, 0.2) is 12.1 Å². The van der Waals surface area contributed by atoms with Crippen molar-refractivity contribution in [2.24, 2.45) is 5.73 Å². The van der Waals surface area contributed by atoms with Gasteiger partial charge in [0.15, 0.2) is 11.6 Å². The van der Waals surface area contributed by atoms with Crippen molar-refractivity contribution in [2.45, 2.75) is 31.4 Å². The molecule has 1 aromatic rings. The van der Waals surface area contributed by atoms with Gasteiger partial charge in [-0.15, -0.1) is 0 Å². The summed E-state index contributed by atoms with van der Waals surface area (Å²) in [5.41, 5.74) is 5.78. The van der Waals surface area contributed by atoms with Gasteiger partial charge in [-0.3, -0.25) is 0 Å². The Bertz CT molecular complexity index is 405. The molecular formula is C12H14F3NO. The van der Waals surface area contributed by atoms with Crippen LogP contribution in [0.4, 0.5) is 13.2 Å². The SMILES string of the molecule is NC(CC1CCCO1)c1cc(F)c(F)cc1F. The summed E-state index contributed by atoms with van der Waals surface area (Å²) in [7, 11) is 0. The Morgan fingerprint density at radius 3 is 2.59 bits per heavy atom. The summed E-state index contributed by atoms with van der Waals surface area (Å²) in [5, 5.41) is 0. The highest BCUT2D eigenvalue weighted by atomic mass is 19.2. The van der Waals surface area contributed by atoms with Gasteiger partial charge in [-0.1, -0.05) is 0 Å². The Morgan fingerprint density at radius 2 is 1.94 bits per heavy atom. The molecule has 2 N–H and O–H groups in total. The summed E-state index contributed by atoms with van der Waals surface area (Å²) in [6.07, 6.45) is 2.23. The lowest BCUT2D eigenvalue weighted by Crippen LogP contribution is -2.19. The second kappa shape index (κ2) is 5.06. The molecule has 2 nitrogen and oxygen atoms in total. The third-order valence-corrected chi connectivity index (χ3v) is 2.98. The predicted molar refractivity (Wildman–Crippen MR) is 56.8 cm³/mol. The van der Waals surface area contributed by atoms with E-state index in [9.17, 15) is 13.2 Å². The van der Waals surface area contributed by atoms with Crippen molar-refractivity contribution < 1.29 is 17.9 Å². The Morgan fingerprint density at radius 1 is 1.24 bits per heavy atom. The van der Waals surface area contributed by atoms with E-state index in [1.54, 1.807) is 0 Å². The molecule has 0 spiro atoms. The van der Waals surface area contributed by atoms with Gasteiger partial charge in [0, 0.05) is 24.3 Å². The molecule has 5 heteroatoms. The molecule has 0 aromatic heterocycles. The fourth-order valence-electron chi connectivity index (χ4n) is 2.06. The van der Waals surface area contributed by atoms with Crippen LogP contribution in [0, 0.1) is 17.5 Å². The standard InChI is InChI=1S/C12H14F3NO/c13-9-6-11(15)10(14)5-8(9)12(16)4-7-2-1-3-17-7/h5-7,12H,1-4,16H2. The molecule has 1 saturated heterocycles. The average molecular weight is 245 g/mol. The lowest BCUT2D eigenvalue weighted by Gasteiger charge is -2.17. The zero-order valence-electron chi connectivity index (χ0n) is 9.26. The van der Waals surface area contributed by atoms with Gasteiger partial charge in [-0.2, -0.15) is 0 Å². The first kappa shape index (κ1) is 12.4. The third-order valence-electron chi connectivity index (χ3n) is 2.98. The molecule has 0 radical (unpaired) electrons. The van der Waals surface area contributed by atoms with Crippen LogP contribution in [-0.4, -0.2) is 12.7 Å². The lowest BCUT2D eigenvalue weighted by molar-refractivity contribution is 0.0980. The van der Waals surface area contributed by atoms with Crippen LogP contribution >= 0.6 is 0 Å². The van der Waals surface area contributed by atoms with E-state index in [1.807, 2.05) is 0 Å². The molecule has 1 aromatic carbocycles. The quantitative estimate of drug-likeness (QED) is 0.831. The van der Waals surface area contributed by atoms with E-state index >= 15 is 0 Å². The minimum Gasteiger partial charge on any atom is -0.378 e. The number of ether oxygens (including phenoxy) is 1. The number of rotatable bonds is 3. The van der Waals surface area contributed by atoms with Crippen LogP contribution in [0.3, 0.4) is 0 Å². The summed E-state index contributed by atoms with van der Waals surface area (Å²) < 4.78 is 44.5. The summed E-state index contributed by atoms with van der Waals surface area (Å²) >= 11 is 0. The van der Waals surface area contributed by atoms with E-state index in [-0.39, 0.29) is 11.7 Å². The topological polar surface area (TPSA) is 35.2 Å². The van der Waals surface area contributed by atoms with Gasteiger partial charge in [0.05, 0.1) is 6.10 Å². The number of nitrogens with two attached hydrogens (primary N) is 1. The Kier molecular flexibility index (Phi) is 3.69. The number of hydrogen-bond acceptors (Lipinski definition) is 2. The first-order valence-corrected chi connectivity index (χ1v) is 5.59. The van der Waals surface area contributed by atoms with Gasteiger partial charge in [0.2, 0.25) is 0 Å². The van der Waals surface area contributed by atoms with Crippen molar-refractivity contribution >= 4 is 0 Å². The molecule has 2 rings (SSSR count). The van der Waals surface area contributed by atoms with Crippen LogP contribution in [-0.2, 0) is 4.74 Å². The maximum Gasteiger partial charge on any atom is 0.161 e. The van der Waals surface area contributed by atoms with Gasteiger partial charge < -0.3 is 10.5 Å². The number of hydrogen-bond donors (Lipinski definition) is 1. The second-order valence-electron chi connectivity index (χ2n) is 4.27. The van der Waals surface area contributed by atoms with Crippen LogP contribution < -0.4 is 5.73 Å². The molecule has 0 saturated carbocycles. The van der Waals surface area contributed by atoms with E-state index < -0.39 is 23.5 Å². The van der Waals surface area contributed by atoms with Gasteiger partial charge in [-0.05, 0) is 25.3 Å². The fraction of sp³-hybridized carbons (Fsp3) is 0.500. The molecule has 2 unspecified atom stereocenters. The van der Waals surface area contributed by atoms with Crippen molar-refractivity contribution in [2.75, 3.05) is 6.61 Å². The summed E-state index contributed by atoms with van der Waals surface area (Å²) in [6.45, 7) is 0.678. The maximum absolute atomic E-state index is 13.4. The van der Waals surface area contributed by atoms with Gasteiger partial charge in [-0.25, -0.2) is 13.2 Å². The van der Waals surface area contributed by atoms with Crippen molar-refractivity contribution in [1.29, 1.82) is 0 Å². The molecular weight excluding hydrogens is 231 g/mol. The summed E-state index contributed by atoms with van der Waals surface area (Å²) in [4.78, 5) is 0. The van der Waals surface area contributed by atoms with E-state index in [4.69, 9.17) is 10.5 Å². The third kappa shape index (κ3) is 2.79. The smallest absolute Gasteiger partial charge is 0.161 e. The minimum atomic E-state index is -1.20. The number of benzene rings is 1. The Balaban J connectivity index is 2.12. The Labute approximate surface area is 97.6 Å². The van der Waals surface area contributed by atoms with Crippen molar-refractivity contribution in [3.8, 4) is 0 Å². The van der Waals surface area contributed by atoms with E-state index in [0.717, 1.165) is 18.9 Å². The van der Waals surface area contributed by atoms with Crippen LogP contribution in [0.5, 0.6) is 0 Å². The molecule has 94 valence electrons. The first-order chi connectivity index (χ1) is 8.08. The molecule has 1 heterocycles. The molecule has 0 bridgehead atoms. The zero-order valence-corrected chi connectivity index (χ0v) is 9.26. The van der Waals surface area contributed by atoms with Crippen molar-refractivity contribution in [3.05, 3.63) is 35.1 Å². The number of halogens is 3. The fourth-order valence-corrected chi connectivity index (χ4v) is 2.06. The normalized spacial score (nSPS) is 21.8. The summed E-state index contributed by atoms with van der Waals surface area (Å²) in [5.74, 6) is -3.09.